The Balaban J connectivity index is 1.28. The number of carbonyl (C=O) groups excluding carboxylic acids is 3. The molecule has 0 aliphatic carbocycles. The zero-order chi connectivity index (χ0) is 30.6. The van der Waals surface area contributed by atoms with Crippen LogP contribution in [0.25, 0.3) is 11.3 Å². The summed E-state index contributed by atoms with van der Waals surface area (Å²) < 4.78 is 19.1. The van der Waals surface area contributed by atoms with Gasteiger partial charge in [0.15, 0.2) is 18.1 Å². The van der Waals surface area contributed by atoms with E-state index in [1.807, 2.05) is 54.6 Å². The molecular formula is C33H33N5O6. The van der Waals surface area contributed by atoms with Crippen molar-refractivity contribution < 1.29 is 28.6 Å². The highest BCUT2D eigenvalue weighted by Crippen LogP contribution is 2.29. The van der Waals surface area contributed by atoms with Crippen molar-refractivity contribution in [2.75, 3.05) is 26.8 Å². The van der Waals surface area contributed by atoms with E-state index in [0.29, 0.717) is 48.0 Å². The van der Waals surface area contributed by atoms with Gasteiger partial charge in [-0.05, 0) is 42.0 Å². The van der Waals surface area contributed by atoms with Crippen LogP contribution in [0.3, 0.4) is 0 Å². The monoisotopic (exact) mass is 595 g/mol. The number of likely N-dealkylation sites (tertiary alicyclic amines) is 1. The fraction of sp³-hybridized carbons (Fsp3) is 0.273. The molecule has 4 bridgehead atoms. The predicted molar refractivity (Wildman–Crippen MR) is 162 cm³/mol. The van der Waals surface area contributed by atoms with Crippen LogP contribution in [-0.2, 0) is 18.4 Å². The van der Waals surface area contributed by atoms with Crippen molar-refractivity contribution in [3.63, 3.8) is 0 Å². The van der Waals surface area contributed by atoms with Gasteiger partial charge in [0, 0.05) is 44.2 Å². The molecule has 4 aromatic rings. The number of aryl methyl sites for hydroxylation is 1. The molecule has 1 saturated heterocycles. The SMILES string of the molecule is COc1ccc2cc1OCC(=O)NCc1ccc(cc1)O[C@@H]1CCN(C(=O)c3cc(-c4ccccc4)nn3C)C[C@@H]1NC2=O. The number of nitrogens with one attached hydrogen (secondary N) is 2. The summed E-state index contributed by atoms with van der Waals surface area (Å²) in [6.45, 7) is 0.747. The molecule has 0 spiro atoms. The molecule has 3 aromatic carbocycles. The van der Waals surface area contributed by atoms with Crippen LogP contribution in [0, 0.1) is 0 Å². The second-order valence-corrected chi connectivity index (χ2v) is 10.8. The summed E-state index contributed by atoms with van der Waals surface area (Å²) in [5, 5.41) is 10.5. The van der Waals surface area contributed by atoms with Gasteiger partial charge >= 0.3 is 0 Å². The number of hydrogen-bond donors (Lipinski definition) is 2. The van der Waals surface area contributed by atoms with E-state index in [1.165, 1.54) is 13.2 Å². The number of rotatable bonds is 3. The van der Waals surface area contributed by atoms with E-state index in [1.54, 1.807) is 34.8 Å². The second-order valence-electron chi connectivity index (χ2n) is 10.8. The first-order chi connectivity index (χ1) is 21.4. The standard InChI is InChI=1S/C33H33N5O6/c1-37-27(17-25(36-37)22-6-4-3-5-7-22)33(41)38-15-14-28-26(19-38)35-32(40)23-10-13-29(42-2)30(16-23)43-20-31(39)34-18-21-8-11-24(44-28)12-9-21/h3-13,16-17,26,28H,14-15,18-20H2,1-2H3,(H,34,39)(H,35,40)/t26-,28+/m0/s1. The number of methoxy groups -OCH3 is 1. The normalized spacial score (nSPS) is 18.6. The summed E-state index contributed by atoms with van der Waals surface area (Å²) >= 11 is 0. The lowest BCUT2D eigenvalue weighted by atomic mass is 10.00. The number of carbonyl (C=O) groups is 3. The highest BCUT2D eigenvalue weighted by molar-refractivity contribution is 5.96. The third-order valence-corrected chi connectivity index (χ3v) is 7.81. The first-order valence-electron chi connectivity index (χ1n) is 14.4. The van der Waals surface area contributed by atoms with Crippen LogP contribution in [0.4, 0.5) is 0 Å². The molecule has 0 saturated carbocycles. The molecular weight excluding hydrogens is 562 g/mol. The third kappa shape index (κ3) is 6.22. The maximum atomic E-state index is 13.8. The van der Waals surface area contributed by atoms with Gasteiger partial charge in [-0.25, -0.2) is 0 Å². The van der Waals surface area contributed by atoms with Gasteiger partial charge in [0.05, 0.1) is 18.8 Å². The Hall–Kier alpha value is -5.32. The molecule has 0 unspecified atom stereocenters. The van der Waals surface area contributed by atoms with Gasteiger partial charge in [0.1, 0.15) is 17.5 Å². The van der Waals surface area contributed by atoms with E-state index < -0.39 is 12.1 Å². The first kappa shape index (κ1) is 28.8. The van der Waals surface area contributed by atoms with Crippen LogP contribution < -0.4 is 24.8 Å². The lowest BCUT2D eigenvalue weighted by Crippen LogP contribution is -2.58. The minimum atomic E-state index is -0.521. The molecule has 1 aromatic heterocycles. The van der Waals surface area contributed by atoms with Crippen LogP contribution in [0.2, 0.25) is 0 Å². The Morgan fingerprint density at radius 2 is 1.80 bits per heavy atom. The van der Waals surface area contributed by atoms with E-state index in [4.69, 9.17) is 14.2 Å². The molecule has 3 amide bonds. The average molecular weight is 596 g/mol. The summed E-state index contributed by atoms with van der Waals surface area (Å²) in [4.78, 5) is 41.5. The van der Waals surface area contributed by atoms with Gasteiger partial charge < -0.3 is 29.7 Å². The van der Waals surface area contributed by atoms with Crippen LogP contribution >= 0.6 is 0 Å². The highest BCUT2D eigenvalue weighted by Gasteiger charge is 2.35. The Bertz CT molecular complexity index is 1670. The van der Waals surface area contributed by atoms with Crippen LogP contribution in [0.1, 0.15) is 32.8 Å². The Morgan fingerprint density at radius 1 is 1.00 bits per heavy atom. The molecule has 44 heavy (non-hydrogen) atoms. The lowest BCUT2D eigenvalue weighted by molar-refractivity contribution is -0.123. The number of hydrogen-bond acceptors (Lipinski definition) is 7. The number of piperidine rings is 1. The number of ether oxygens (including phenoxy) is 3. The molecule has 4 heterocycles. The number of amides is 3. The van der Waals surface area contributed by atoms with Crippen molar-refractivity contribution in [2.45, 2.75) is 25.1 Å². The predicted octanol–water partition coefficient (Wildman–Crippen LogP) is 3.20. The topological polar surface area (TPSA) is 124 Å². The average Bonchev–Trinajstić information content (AvgIpc) is 3.45. The molecule has 2 N–H and O–H groups in total. The maximum Gasteiger partial charge on any atom is 0.272 e. The molecule has 11 nitrogen and oxygen atoms in total. The Morgan fingerprint density at radius 3 is 2.57 bits per heavy atom. The van der Waals surface area contributed by atoms with Gasteiger partial charge in [-0.2, -0.15) is 5.10 Å². The highest BCUT2D eigenvalue weighted by atomic mass is 16.5. The summed E-state index contributed by atoms with van der Waals surface area (Å²) in [6.07, 6.45) is 0.0964. The fourth-order valence-corrected chi connectivity index (χ4v) is 5.41. The number of fused-ring (bicyclic) bond motifs is 7. The molecule has 2 atom stereocenters. The van der Waals surface area contributed by atoms with Crippen LogP contribution in [-0.4, -0.2) is 71.4 Å². The van der Waals surface area contributed by atoms with E-state index in [0.717, 1.165) is 11.1 Å². The summed E-state index contributed by atoms with van der Waals surface area (Å²) in [6, 6.07) is 23.2. The summed E-state index contributed by atoms with van der Waals surface area (Å²) in [5.41, 5.74) is 3.29. The fourth-order valence-electron chi connectivity index (χ4n) is 5.41. The third-order valence-electron chi connectivity index (χ3n) is 7.81. The molecule has 7 rings (SSSR count). The second kappa shape index (κ2) is 12.5. The quantitative estimate of drug-likeness (QED) is 0.373. The first-order valence-corrected chi connectivity index (χ1v) is 14.4. The van der Waals surface area contributed by atoms with Crippen molar-refractivity contribution in [1.82, 2.24) is 25.3 Å². The van der Waals surface area contributed by atoms with Gasteiger partial charge in [0.2, 0.25) is 0 Å². The Labute approximate surface area is 254 Å². The van der Waals surface area contributed by atoms with Crippen molar-refractivity contribution in [3.8, 4) is 28.5 Å². The van der Waals surface area contributed by atoms with E-state index in [9.17, 15) is 14.4 Å². The minimum absolute atomic E-state index is 0.181. The van der Waals surface area contributed by atoms with Crippen molar-refractivity contribution in [2.24, 2.45) is 7.05 Å². The van der Waals surface area contributed by atoms with Crippen molar-refractivity contribution >= 4 is 17.7 Å². The molecule has 0 radical (unpaired) electrons. The molecule has 3 aliphatic heterocycles. The van der Waals surface area contributed by atoms with Crippen LogP contribution in [0.5, 0.6) is 17.2 Å². The van der Waals surface area contributed by atoms with E-state index >= 15 is 0 Å². The summed E-state index contributed by atoms with van der Waals surface area (Å²) in [5.74, 6) is 0.419. The Kier molecular flexibility index (Phi) is 8.18. The van der Waals surface area contributed by atoms with E-state index in [-0.39, 0.29) is 36.6 Å². The molecule has 11 heteroatoms. The van der Waals surface area contributed by atoms with E-state index in [2.05, 4.69) is 15.7 Å². The van der Waals surface area contributed by atoms with Gasteiger partial charge in [0.25, 0.3) is 17.7 Å². The smallest absolute Gasteiger partial charge is 0.272 e. The zero-order valence-electron chi connectivity index (χ0n) is 24.5. The largest absolute Gasteiger partial charge is 0.493 e. The molecule has 226 valence electrons. The van der Waals surface area contributed by atoms with Gasteiger partial charge in [-0.3, -0.25) is 19.1 Å². The van der Waals surface area contributed by atoms with Crippen molar-refractivity contribution in [3.05, 3.63) is 95.7 Å². The van der Waals surface area contributed by atoms with Crippen molar-refractivity contribution in [1.29, 1.82) is 0 Å². The maximum absolute atomic E-state index is 13.8. The van der Waals surface area contributed by atoms with Crippen LogP contribution in [0.15, 0.2) is 78.9 Å². The number of aromatic nitrogens is 2. The summed E-state index contributed by atoms with van der Waals surface area (Å²) in [7, 11) is 3.24. The number of nitrogens with zero attached hydrogens (tertiary/aromatic N) is 3. The zero-order valence-corrected chi connectivity index (χ0v) is 24.5. The lowest BCUT2D eigenvalue weighted by Gasteiger charge is -2.38. The molecule has 3 aliphatic rings. The minimum Gasteiger partial charge on any atom is -0.493 e. The number of benzene rings is 3. The van der Waals surface area contributed by atoms with Gasteiger partial charge in [-0.15, -0.1) is 0 Å². The van der Waals surface area contributed by atoms with Gasteiger partial charge in [-0.1, -0.05) is 42.5 Å². The molecule has 1 fully saturated rings.